The standard InChI is InChI=1S/C9H6Cl2N2/c10-6-4-7(12)8(11)5-2-1-3-13-9(5)6/h1-4H,12H2. The molecule has 0 amide bonds. The Hall–Kier alpha value is -0.990. The van der Waals surface area contributed by atoms with Gasteiger partial charge in [-0.3, -0.25) is 4.98 Å². The first kappa shape index (κ1) is 8.60. The topological polar surface area (TPSA) is 38.9 Å². The van der Waals surface area contributed by atoms with E-state index in [1.807, 2.05) is 6.07 Å². The van der Waals surface area contributed by atoms with E-state index in [0.717, 1.165) is 5.39 Å². The molecule has 0 aliphatic rings. The molecule has 0 fully saturated rings. The second-order valence-electron chi connectivity index (χ2n) is 2.66. The summed E-state index contributed by atoms with van der Waals surface area (Å²) in [5, 5.41) is 1.82. The minimum absolute atomic E-state index is 0.479. The van der Waals surface area contributed by atoms with Crippen LogP contribution in [0.2, 0.25) is 10.0 Å². The van der Waals surface area contributed by atoms with E-state index in [1.165, 1.54) is 0 Å². The van der Waals surface area contributed by atoms with Crippen molar-refractivity contribution in [3.05, 3.63) is 34.4 Å². The predicted molar refractivity (Wildman–Crippen MR) is 56.2 cm³/mol. The Morgan fingerprint density at radius 1 is 1.31 bits per heavy atom. The van der Waals surface area contributed by atoms with Crippen molar-refractivity contribution in [3.8, 4) is 0 Å². The van der Waals surface area contributed by atoms with Gasteiger partial charge in [-0.1, -0.05) is 23.2 Å². The van der Waals surface area contributed by atoms with Crippen molar-refractivity contribution in [2.24, 2.45) is 0 Å². The van der Waals surface area contributed by atoms with Gasteiger partial charge in [0, 0.05) is 11.6 Å². The molecule has 0 unspecified atom stereocenters. The number of hydrogen-bond acceptors (Lipinski definition) is 2. The third-order valence-corrected chi connectivity index (χ3v) is 2.52. The molecule has 1 aromatic heterocycles. The first-order valence-electron chi connectivity index (χ1n) is 3.68. The molecule has 0 aliphatic carbocycles. The van der Waals surface area contributed by atoms with Crippen LogP contribution in [0.3, 0.4) is 0 Å². The number of nitrogens with two attached hydrogens (primary N) is 1. The number of rotatable bonds is 0. The predicted octanol–water partition coefficient (Wildman–Crippen LogP) is 3.12. The lowest BCUT2D eigenvalue weighted by Gasteiger charge is -2.04. The van der Waals surface area contributed by atoms with Crippen LogP contribution >= 0.6 is 23.2 Å². The monoisotopic (exact) mass is 212 g/mol. The minimum atomic E-state index is 0.479. The number of nitrogen functional groups attached to an aromatic ring is 1. The number of anilines is 1. The minimum Gasteiger partial charge on any atom is -0.397 e. The fourth-order valence-electron chi connectivity index (χ4n) is 1.20. The Morgan fingerprint density at radius 2 is 2.08 bits per heavy atom. The maximum atomic E-state index is 5.97. The molecule has 0 aliphatic heterocycles. The van der Waals surface area contributed by atoms with Gasteiger partial charge in [0.25, 0.3) is 0 Å². The molecule has 13 heavy (non-hydrogen) atoms. The van der Waals surface area contributed by atoms with Crippen molar-refractivity contribution < 1.29 is 0 Å². The summed E-state index contributed by atoms with van der Waals surface area (Å²) in [6.07, 6.45) is 1.67. The summed E-state index contributed by atoms with van der Waals surface area (Å²) in [6, 6.07) is 5.25. The van der Waals surface area contributed by atoms with E-state index in [4.69, 9.17) is 28.9 Å². The number of aromatic nitrogens is 1. The van der Waals surface area contributed by atoms with Crippen LogP contribution in [-0.4, -0.2) is 4.98 Å². The zero-order valence-electron chi connectivity index (χ0n) is 6.59. The van der Waals surface area contributed by atoms with Crippen molar-refractivity contribution in [3.63, 3.8) is 0 Å². The van der Waals surface area contributed by atoms with E-state index in [1.54, 1.807) is 18.3 Å². The summed E-state index contributed by atoms with van der Waals surface area (Å²) in [5.74, 6) is 0. The molecule has 2 N–H and O–H groups in total. The van der Waals surface area contributed by atoms with Crippen molar-refractivity contribution in [2.45, 2.75) is 0 Å². The quantitative estimate of drug-likeness (QED) is 0.682. The van der Waals surface area contributed by atoms with Gasteiger partial charge in [-0.05, 0) is 18.2 Å². The number of hydrogen-bond donors (Lipinski definition) is 1. The van der Waals surface area contributed by atoms with Crippen LogP contribution in [0.25, 0.3) is 10.9 Å². The molecular weight excluding hydrogens is 207 g/mol. The summed E-state index contributed by atoms with van der Waals surface area (Å²) in [5.41, 5.74) is 6.81. The largest absolute Gasteiger partial charge is 0.397 e. The SMILES string of the molecule is Nc1cc(Cl)c2ncccc2c1Cl. The van der Waals surface area contributed by atoms with E-state index in [0.29, 0.717) is 21.2 Å². The van der Waals surface area contributed by atoms with Crippen molar-refractivity contribution in [1.82, 2.24) is 4.98 Å². The van der Waals surface area contributed by atoms with Gasteiger partial charge < -0.3 is 5.73 Å². The Kier molecular flexibility index (Phi) is 2.02. The normalized spacial score (nSPS) is 10.6. The number of nitrogens with zero attached hydrogens (tertiary/aromatic N) is 1. The molecule has 4 heteroatoms. The highest BCUT2D eigenvalue weighted by Crippen LogP contribution is 2.32. The van der Waals surface area contributed by atoms with Crippen LogP contribution in [0.1, 0.15) is 0 Å². The highest BCUT2D eigenvalue weighted by molar-refractivity contribution is 6.41. The molecule has 2 nitrogen and oxygen atoms in total. The van der Waals surface area contributed by atoms with Gasteiger partial charge in [-0.2, -0.15) is 0 Å². The zero-order valence-corrected chi connectivity index (χ0v) is 8.10. The highest BCUT2D eigenvalue weighted by atomic mass is 35.5. The van der Waals surface area contributed by atoms with Gasteiger partial charge in [0.05, 0.1) is 21.2 Å². The lowest BCUT2D eigenvalue weighted by atomic mass is 10.2. The molecule has 0 radical (unpaired) electrons. The lowest BCUT2D eigenvalue weighted by molar-refractivity contribution is 1.41. The van der Waals surface area contributed by atoms with E-state index in [9.17, 15) is 0 Å². The number of halogens is 2. The zero-order chi connectivity index (χ0) is 9.42. The summed E-state index contributed by atoms with van der Waals surface area (Å²) in [6.45, 7) is 0. The van der Waals surface area contributed by atoms with E-state index >= 15 is 0 Å². The van der Waals surface area contributed by atoms with Gasteiger partial charge in [0.1, 0.15) is 0 Å². The van der Waals surface area contributed by atoms with Gasteiger partial charge in [0.2, 0.25) is 0 Å². The summed E-state index contributed by atoms with van der Waals surface area (Å²) in [7, 11) is 0. The number of fused-ring (bicyclic) bond motifs is 1. The van der Waals surface area contributed by atoms with Crippen LogP contribution in [0.4, 0.5) is 5.69 Å². The Morgan fingerprint density at radius 3 is 2.85 bits per heavy atom. The Balaban J connectivity index is 2.97. The molecule has 1 aromatic carbocycles. The second kappa shape index (κ2) is 3.05. The lowest BCUT2D eigenvalue weighted by Crippen LogP contribution is -1.89. The van der Waals surface area contributed by atoms with Gasteiger partial charge in [-0.25, -0.2) is 0 Å². The smallest absolute Gasteiger partial charge is 0.0904 e. The van der Waals surface area contributed by atoms with Crippen LogP contribution in [0, 0.1) is 0 Å². The maximum Gasteiger partial charge on any atom is 0.0904 e. The number of pyridine rings is 1. The van der Waals surface area contributed by atoms with Crippen LogP contribution < -0.4 is 5.73 Å². The summed E-state index contributed by atoms with van der Waals surface area (Å²) in [4.78, 5) is 4.11. The first-order chi connectivity index (χ1) is 6.20. The summed E-state index contributed by atoms with van der Waals surface area (Å²) < 4.78 is 0. The molecule has 0 atom stereocenters. The third-order valence-electron chi connectivity index (χ3n) is 1.81. The molecule has 0 spiro atoms. The van der Waals surface area contributed by atoms with Crippen molar-refractivity contribution in [1.29, 1.82) is 0 Å². The van der Waals surface area contributed by atoms with Gasteiger partial charge in [-0.15, -0.1) is 0 Å². The fraction of sp³-hybridized carbons (Fsp3) is 0. The maximum absolute atomic E-state index is 5.97. The molecular formula is C9H6Cl2N2. The fourth-order valence-corrected chi connectivity index (χ4v) is 1.67. The second-order valence-corrected chi connectivity index (χ2v) is 3.45. The summed E-state index contributed by atoms with van der Waals surface area (Å²) >= 11 is 11.9. The highest BCUT2D eigenvalue weighted by Gasteiger charge is 2.07. The van der Waals surface area contributed by atoms with E-state index < -0.39 is 0 Å². The van der Waals surface area contributed by atoms with Crippen molar-refractivity contribution >= 4 is 39.8 Å². The Labute approximate surface area is 85.3 Å². The molecule has 1 heterocycles. The van der Waals surface area contributed by atoms with E-state index in [2.05, 4.69) is 4.98 Å². The van der Waals surface area contributed by atoms with Gasteiger partial charge in [0.15, 0.2) is 0 Å². The molecule has 0 bridgehead atoms. The van der Waals surface area contributed by atoms with Crippen molar-refractivity contribution in [2.75, 3.05) is 5.73 Å². The number of benzene rings is 1. The van der Waals surface area contributed by atoms with E-state index in [-0.39, 0.29) is 0 Å². The average Bonchev–Trinajstić information content (AvgIpc) is 2.15. The average molecular weight is 213 g/mol. The first-order valence-corrected chi connectivity index (χ1v) is 4.44. The molecule has 2 aromatic rings. The van der Waals surface area contributed by atoms with Crippen LogP contribution in [0.5, 0.6) is 0 Å². The Bertz CT molecular complexity index is 468. The molecule has 66 valence electrons. The molecule has 0 saturated heterocycles. The third kappa shape index (κ3) is 1.32. The van der Waals surface area contributed by atoms with Gasteiger partial charge >= 0.3 is 0 Å². The van der Waals surface area contributed by atoms with Crippen LogP contribution in [0.15, 0.2) is 24.4 Å². The molecule has 2 rings (SSSR count). The van der Waals surface area contributed by atoms with Crippen LogP contribution in [-0.2, 0) is 0 Å². The molecule has 0 saturated carbocycles.